The van der Waals surface area contributed by atoms with Gasteiger partial charge in [-0.15, -0.1) is 0 Å². The highest BCUT2D eigenvalue weighted by atomic mass is 16.5. The van der Waals surface area contributed by atoms with E-state index in [-0.39, 0.29) is 6.10 Å². The largest absolute Gasteiger partial charge is 0.480 e. The number of urea groups is 1. The van der Waals surface area contributed by atoms with Gasteiger partial charge in [0.05, 0.1) is 12.7 Å². The molecule has 3 N–H and O–H groups in total. The Bertz CT molecular complexity index is 311. The minimum Gasteiger partial charge on any atom is -0.480 e. The summed E-state index contributed by atoms with van der Waals surface area (Å²) in [4.78, 5) is 24.6. The summed E-state index contributed by atoms with van der Waals surface area (Å²) in [6, 6.07) is -1.31. The fraction of sp³-hybridized carbons (Fsp3) is 0.833. The fourth-order valence-corrected chi connectivity index (χ4v) is 1.95. The molecule has 0 aromatic rings. The molecule has 2 atom stereocenters. The van der Waals surface area contributed by atoms with Crippen LogP contribution in [-0.2, 0) is 9.53 Å². The van der Waals surface area contributed by atoms with Crippen molar-refractivity contribution in [2.45, 2.75) is 32.4 Å². The third-order valence-electron chi connectivity index (χ3n) is 3.17. The van der Waals surface area contributed by atoms with Crippen molar-refractivity contribution in [3.63, 3.8) is 0 Å². The van der Waals surface area contributed by atoms with Crippen LogP contribution in [0.4, 0.5) is 4.79 Å². The molecule has 110 valence electrons. The van der Waals surface area contributed by atoms with Gasteiger partial charge in [0.25, 0.3) is 0 Å². The first-order valence-corrected chi connectivity index (χ1v) is 6.67. The van der Waals surface area contributed by atoms with Crippen molar-refractivity contribution in [2.75, 3.05) is 32.8 Å². The van der Waals surface area contributed by atoms with Gasteiger partial charge in [0.15, 0.2) is 0 Å². The van der Waals surface area contributed by atoms with Crippen molar-refractivity contribution >= 4 is 12.0 Å². The Hall–Kier alpha value is -1.34. The lowest BCUT2D eigenvalue weighted by atomic mass is 10.2. The third-order valence-corrected chi connectivity index (χ3v) is 3.17. The number of amides is 2. The molecule has 0 aliphatic carbocycles. The van der Waals surface area contributed by atoms with Crippen molar-refractivity contribution in [3.05, 3.63) is 0 Å². The van der Waals surface area contributed by atoms with Gasteiger partial charge in [-0.05, 0) is 13.0 Å². The molecule has 0 bridgehead atoms. The number of hydrogen-bond acceptors (Lipinski definition) is 4. The monoisotopic (exact) mass is 273 g/mol. The van der Waals surface area contributed by atoms with Crippen LogP contribution in [0.5, 0.6) is 0 Å². The first kappa shape index (κ1) is 15.7. The molecule has 0 spiro atoms. The molecule has 1 aliphatic rings. The normalized spacial score (nSPS) is 21.7. The zero-order chi connectivity index (χ0) is 14.3. The van der Waals surface area contributed by atoms with E-state index in [9.17, 15) is 9.59 Å². The lowest BCUT2D eigenvalue weighted by Crippen LogP contribution is -2.51. The summed E-state index contributed by atoms with van der Waals surface area (Å²) in [6.07, 6.45) is 0.316. The van der Waals surface area contributed by atoms with E-state index >= 15 is 0 Å². The zero-order valence-electron chi connectivity index (χ0n) is 11.5. The molecule has 7 nitrogen and oxygen atoms in total. The molecule has 1 saturated heterocycles. The molecule has 1 unspecified atom stereocenters. The van der Waals surface area contributed by atoms with Gasteiger partial charge in [-0.3, -0.25) is 4.90 Å². The van der Waals surface area contributed by atoms with Gasteiger partial charge in [0, 0.05) is 19.6 Å². The van der Waals surface area contributed by atoms with Crippen molar-refractivity contribution in [1.29, 1.82) is 0 Å². The van der Waals surface area contributed by atoms with Crippen molar-refractivity contribution in [1.82, 2.24) is 15.5 Å². The number of morpholine rings is 1. The molecule has 1 fully saturated rings. The van der Waals surface area contributed by atoms with E-state index in [0.29, 0.717) is 19.6 Å². The molecule has 0 radical (unpaired) electrons. The summed E-state index contributed by atoms with van der Waals surface area (Å²) >= 11 is 0. The van der Waals surface area contributed by atoms with E-state index in [1.807, 2.05) is 0 Å². The van der Waals surface area contributed by atoms with Crippen molar-refractivity contribution in [2.24, 2.45) is 0 Å². The predicted molar refractivity (Wildman–Crippen MR) is 70.1 cm³/mol. The number of hydrogen-bond donors (Lipinski definition) is 3. The van der Waals surface area contributed by atoms with Crippen LogP contribution in [-0.4, -0.2) is 66.9 Å². The third kappa shape index (κ3) is 5.44. The van der Waals surface area contributed by atoms with Crippen LogP contribution in [0, 0.1) is 0 Å². The SMILES string of the molecule is CC[C@@H](NC(=O)NCC1CN(CC)CCO1)C(=O)O. The van der Waals surface area contributed by atoms with Crippen molar-refractivity contribution < 1.29 is 19.4 Å². The Labute approximate surface area is 113 Å². The fourth-order valence-electron chi connectivity index (χ4n) is 1.95. The molecular formula is C12H23N3O4. The van der Waals surface area contributed by atoms with Crippen LogP contribution in [0.25, 0.3) is 0 Å². The number of aliphatic carboxylic acids is 1. The van der Waals surface area contributed by atoms with E-state index in [1.54, 1.807) is 6.92 Å². The molecule has 19 heavy (non-hydrogen) atoms. The lowest BCUT2D eigenvalue weighted by Gasteiger charge is -2.32. The summed E-state index contributed by atoms with van der Waals surface area (Å²) in [5.41, 5.74) is 0. The standard InChI is InChI=1S/C12H23N3O4/c1-3-10(11(16)17)14-12(18)13-7-9-8-15(4-2)5-6-19-9/h9-10H,3-8H2,1-2H3,(H,16,17)(H2,13,14,18)/t9?,10-/m1/s1. The molecule has 1 rings (SSSR count). The number of carboxylic acids is 1. The molecule has 0 aromatic heterocycles. The molecule has 1 aliphatic heterocycles. The second-order valence-corrected chi connectivity index (χ2v) is 4.54. The van der Waals surface area contributed by atoms with Gasteiger partial charge in [0.2, 0.25) is 0 Å². The summed E-state index contributed by atoms with van der Waals surface area (Å²) in [5, 5.41) is 13.9. The zero-order valence-corrected chi connectivity index (χ0v) is 11.5. The Kier molecular flexibility index (Phi) is 6.58. The molecule has 7 heteroatoms. The highest BCUT2D eigenvalue weighted by molar-refractivity contribution is 5.82. The molecular weight excluding hydrogens is 250 g/mol. The first-order chi connectivity index (χ1) is 9.06. The minimum atomic E-state index is -1.02. The Balaban J connectivity index is 2.27. The van der Waals surface area contributed by atoms with Gasteiger partial charge >= 0.3 is 12.0 Å². The number of ether oxygens (including phenoxy) is 1. The van der Waals surface area contributed by atoms with Crippen molar-refractivity contribution in [3.8, 4) is 0 Å². The predicted octanol–water partition coefficient (Wildman–Crippen LogP) is -0.130. The van der Waals surface area contributed by atoms with Crippen LogP contribution in [0.2, 0.25) is 0 Å². The second-order valence-electron chi connectivity index (χ2n) is 4.54. The van der Waals surface area contributed by atoms with Gasteiger partial charge < -0.3 is 20.5 Å². The second kappa shape index (κ2) is 7.96. The molecule has 1 heterocycles. The summed E-state index contributed by atoms with van der Waals surface area (Å²) < 4.78 is 5.54. The number of rotatable bonds is 6. The maximum atomic E-state index is 11.6. The smallest absolute Gasteiger partial charge is 0.326 e. The van der Waals surface area contributed by atoms with Crippen LogP contribution in [0.3, 0.4) is 0 Å². The molecule has 0 saturated carbocycles. The Morgan fingerprint density at radius 1 is 1.47 bits per heavy atom. The maximum Gasteiger partial charge on any atom is 0.326 e. The summed E-state index contributed by atoms with van der Waals surface area (Å²) in [6.45, 7) is 7.50. The number of carbonyl (C=O) groups is 2. The van der Waals surface area contributed by atoms with Gasteiger partial charge in [-0.2, -0.15) is 0 Å². The number of carboxylic acid groups (broad SMARTS) is 1. The average Bonchev–Trinajstić information content (AvgIpc) is 2.42. The molecule has 0 aromatic carbocycles. The highest BCUT2D eigenvalue weighted by Crippen LogP contribution is 2.03. The number of likely N-dealkylation sites (N-methyl/N-ethyl adjacent to an activating group) is 1. The number of nitrogens with one attached hydrogen (secondary N) is 2. The Morgan fingerprint density at radius 2 is 2.21 bits per heavy atom. The van der Waals surface area contributed by atoms with Gasteiger partial charge in [0.1, 0.15) is 6.04 Å². The van der Waals surface area contributed by atoms with E-state index in [4.69, 9.17) is 9.84 Å². The van der Waals surface area contributed by atoms with E-state index in [0.717, 1.165) is 19.6 Å². The van der Waals surface area contributed by atoms with E-state index < -0.39 is 18.0 Å². The van der Waals surface area contributed by atoms with Gasteiger partial charge in [-0.25, -0.2) is 9.59 Å². The van der Waals surface area contributed by atoms with Crippen LogP contribution < -0.4 is 10.6 Å². The minimum absolute atomic E-state index is 0.0376. The topological polar surface area (TPSA) is 90.9 Å². The summed E-state index contributed by atoms with van der Waals surface area (Å²) in [7, 11) is 0. The van der Waals surface area contributed by atoms with E-state index in [2.05, 4.69) is 22.5 Å². The van der Waals surface area contributed by atoms with Crippen LogP contribution >= 0.6 is 0 Å². The van der Waals surface area contributed by atoms with E-state index in [1.165, 1.54) is 0 Å². The maximum absolute atomic E-state index is 11.6. The Morgan fingerprint density at radius 3 is 2.79 bits per heavy atom. The lowest BCUT2D eigenvalue weighted by molar-refractivity contribution is -0.139. The number of carbonyl (C=O) groups excluding carboxylic acids is 1. The highest BCUT2D eigenvalue weighted by Gasteiger charge is 2.21. The number of nitrogens with zero attached hydrogens (tertiary/aromatic N) is 1. The summed E-state index contributed by atoms with van der Waals surface area (Å²) in [5.74, 6) is -1.02. The van der Waals surface area contributed by atoms with Gasteiger partial charge in [-0.1, -0.05) is 13.8 Å². The first-order valence-electron chi connectivity index (χ1n) is 6.67. The van der Waals surface area contributed by atoms with Crippen LogP contribution in [0.15, 0.2) is 0 Å². The molecule has 2 amide bonds. The quantitative estimate of drug-likeness (QED) is 0.627. The average molecular weight is 273 g/mol. The van der Waals surface area contributed by atoms with Crippen LogP contribution in [0.1, 0.15) is 20.3 Å².